The molecule has 0 radical (unpaired) electrons. The number of methoxy groups -OCH3 is 1. The number of carbonyl (C=O) groups is 1. The van der Waals surface area contributed by atoms with Crippen LogP contribution in [0.1, 0.15) is 34.8 Å². The summed E-state index contributed by atoms with van der Waals surface area (Å²) in [6.45, 7) is 3.11. The molecular formula is C19H19NO2. The molecule has 3 nitrogen and oxygen atoms in total. The molecule has 0 aliphatic carbocycles. The van der Waals surface area contributed by atoms with Crippen LogP contribution in [0.3, 0.4) is 0 Å². The van der Waals surface area contributed by atoms with Crippen LogP contribution >= 0.6 is 0 Å². The van der Waals surface area contributed by atoms with E-state index in [-0.39, 0.29) is 5.97 Å². The Morgan fingerprint density at radius 2 is 1.55 bits per heavy atom. The average molecular weight is 293 g/mol. The fourth-order valence-electron chi connectivity index (χ4n) is 1.89. The van der Waals surface area contributed by atoms with Crippen molar-refractivity contribution in [3.05, 3.63) is 65.2 Å². The van der Waals surface area contributed by atoms with Crippen molar-refractivity contribution < 1.29 is 9.53 Å². The molecule has 0 saturated heterocycles. The van der Waals surface area contributed by atoms with E-state index in [2.05, 4.69) is 28.8 Å². The standard InChI is InChI=1S/C19H19NO2/c1-3-14-20-18-12-8-16(9-13-18)5-4-15-6-10-17(11-7-15)19(21)22-2/h6-13,20H,3,14H2,1-2H3. The maximum atomic E-state index is 11.3. The summed E-state index contributed by atoms with van der Waals surface area (Å²) >= 11 is 0. The van der Waals surface area contributed by atoms with Crippen LogP contribution in [0, 0.1) is 11.8 Å². The van der Waals surface area contributed by atoms with Crippen LogP contribution in [0.25, 0.3) is 0 Å². The summed E-state index contributed by atoms with van der Waals surface area (Å²) in [5.41, 5.74) is 3.45. The van der Waals surface area contributed by atoms with Crippen LogP contribution in [-0.2, 0) is 4.74 Å². The van der Waals surface area contributed by atoms with Gasteiger partial charge in [-0.1, -0.05) is 18.8 Å². The first-order chi connectivity index (χ1) is 10.7. The van der Waals surface area contributed by atoms with Crippen molar-refractivity contribution in [3.8, 4) is 11.8 Å². The molecule has 0 bridgehead atoms. The fourth-order valence-corrected chi connectivity index (χ4v) is 1.89. The third-order valence-electron chi connectivity index (χ3n) is 3.12. The molecule has 3 heteroatoms. The Hall–Kier alpha value is -2.73. The first kappa shape index (κ1) is 15.7. The lowest BCUT2D eigenvalue weighted by molar-refractivity contribution is 0.0600. The van der Waals surface area contributed by atoms with E-state index in [0.29, 0.717) is 5.56 Å². The summed E-state index contributed by atoms with van der Waals surface area (Å²) < 4.78 is 4.66. The lowest BCUT2D eigenvalue weighted by Gasteiger charge is -2.03. The monoisotopic (exact) mass is 293 g/mol. The van der Waals surface area contributed by atoms with E-state index in [1.807, 2.05) is 36.4 Å². The van der Waals surface area contributed by atoms with Gasteiger partial charge in [0.1, 0.15) is 0 Å². The summed E-state index contributed by atoms with van der Waals surface area (Å²) in [4.78, 5) is 11.3. The number of anilines is 1. The lowest BCUT2D eigenvalue weighted by Crippen LogP contribution is -2.00. The summed E-state index contributed by atoms with van der Waals surface area (Å²) in [5, 5.41) is 3.33. The zero-order valence-corrected chi connectivity index (χ0v) is 12.8. The van der Waals surface area contributed by atoms with Crippen LogP contribution in [-0.4, -0.2) is 19.6 Å². The van der Waals surface area contributed by atoms with Crippen molar-refractivity contribution in [2.45, 2.75) is 13.3 Å². The summed E-state index contributed by atoms with van der Waals surface area (Å²) in [6, 6.07) is 15.1. The van der Waals surface area contributed by atoms with Crippen molar-refractivity contribution in [3.63, 3.8) is 0 Å². The summed E-state index contributed by atoms with van der Waals surface area (Å²) in [7, 11) is 1.37. The quantitative estimate of drug-likeness (QED) is 0.690. The molecule has 2 aromatic carbocycles. The maximum Gasteiger partial charge on any atom is 0.337 e. The van der Waals surface area contributed by atoms with Crippen molar-refractivity contribution in [2.75, 3.05) is 19.0 Å². The van der Waals surface area contributed by atoms with Gasteiger partial charge >= 0.3 is 5.97 Å². The largest absolute Gasteiger partial charge is 0.465 e. The van der Waals surface area contributed by atoms with E-state index in [9.17, 15) is 4.79 Å². The van der Waals surface area contributed by atoms with Crippen LogP contribution in [0.15, 0.2) is 48.5 Å². The predicted molar refractivity (Wildman–Crippen MR) is 89.0 cm³/mol. The molecule has 1 N–H and O–H groups in total. The second-order valence-corrected chi connectivity index (χ2v) is 4.82. The Kier molecular flexibility index (Phi) is 5.62. The Labute approximate surface area is 131 Å². The number of hydrogen-bond acceptors (Lipinski definition) is 3. The van der Waals surface area contributed by atoms with Gasteiger partial charge in [0.25, 0.3) is 0 Å². The second kappa shape index (κ2) is 7.90. The first-order valence-corrected chi connectivity index (χ1v) is 7.27. The molecule has 22 heavy (non-hydrogen) atoms. The van der Waals surface area contributed by atoms with E-state index in [1.54, 1.807) is 12.1 Å². The Balaban J connectivity index is 2.04. The molecule has 0 saturated carbocycles. The van der Waals surface area contributed by atoms with Gasteiger partial charge in [-0.3, -0.25) is 0 Å². The van der Waals surface area contributed by atoms with Crippen molar-refractivity contribution in [1.29, 1.82) is 0 Å². The second-order valence-electron chi connectivity index (χ2n) is 4.82. The average Bonchev–Trinajstić information content (AvgIpc) is 2.58. The van der Waals surface area contributed by atoms with Crippen LogP contribution in [0.4, 0.5) is 5.69 Å². The predicted octanol–water partition coefficient (Wildman–Crippen LogP) is 3.69. The highest BCUT2D eigenvalue weighted by molar-refractivity contribution is 5.89. The van der Waals surface area contributed by atoms with Gasteiger partial charge in [0.2, 0.25) is 0 Å². The van der Waals surface area contributed by atoms with Gasteiger partial charge < -0.3 is 10.1 Å². The Bertz CT molecular complexity index is 676. The highest BCUT2D eigenvalue weighted by Gasteiger charge is 2.03. The van der Waals surface area contributed by atoms with Gasteiger partial charge in [-0.15, -0.1) is 0 Å². The van der Waals surface area contributed by atoms with Gasteiger partial charge in [-0.05, 0) is 55.0 Å². The van der Waals surface area contributed by atoms with E-state index in [4.69, 9.17) is 0 Å². The third kappa shape index (κ3) is 4.39. The first-order valence-electron chi connectivity index (χ1n) is 7.27. The molecule has 0 spiro atoms. The number of ether oxygens (including phenoxy) is 1. The number of benzene rings is 2. The molecule has 0 heterocycles. The molecule has 0 unspecified atom stereocenters. The Morgan fingerprint density at radius 3 is 2.05 bits per heavy atom. The molecule has 0 aliphatic rings. The van der Waals surface area contributed by atoms with Crippen LogP contribution in [0.2, 0.25) is 0 Å². The zero-order chi connectivity index (χ0) is 15.8. The number of nitrogens with one attached hydrogen (secondary N) is 1. The number of rotatable bonds is 4. The smallest absolute Gasteiger partial charge is 0.337 e. The molecule has 2 rings (SSSR count). The van der Waals surface area contributed by atoms with Crippen LogP contribution in [0.5, 0.6) is 0 Å². The SMILES string of the molecule is CCCNc1ccc(C#Cc2ccc(C(=O)OC)cc2)cc1. The number of esters is 1. The minimum Gasteiger partial charge on any atom is -0.465 e. The minimum atomic E-state index is -0.338. The molecule has 0 amide bonds. The normalized spacial score (nSPS) is 9.55. The molecule has 0 fully saturated rings. The molecule has 0 aromatic heterocycles. The highest BCUT2D eigenvalue weighted by Crippen LogP contribution is 2.09. The summed E-state index contributed by atoms with van der Waals surface area (Å²) in [5.74, 6) is 5.86. The van der Waals surface area contributed by atoms with Crippen LogP contribution < -0.4 is 5.32 Å². The number of hydrogen-bond donors (Lipinski definition) is 1. The molecular weight excluding hydrogens is 274 g/mol. The van der Waals surface area contributed by atoms with Crippen molar-refractivity contribution in [2.24, 2.45) is 0 Å². The van der Waals surface area contributed by atoms with E-state index >= 15 is 0 Å². The Morgan fingerprint density at radius 1 is 1.00 bits per heavy atom. The molecule has 0 atom stereocenters. The van der Waals surface area contributed by atoms with Crippen molar-refractivity contribution in [1.82, 2.24) is 0 Å². The van der Waals surface area contributed by atoms with Gasteiger partial charge in [0.15, 0.2) is 0 Å². The molecule has 0 aliphatic heterocycles. The van der Waals surface area contributed by atoms with Gasteiger partial charge in [-0.2, -0.15) is 0 Å². The zero-order valence-electron chi connectivity index (χ0n) is 12.8. The van der Waals surface area contributed by atoms with E-state index in [0.717, 1.165) is 29.8 Å². The van der Waals surface area contributed by atoms with E-state index in [1.165, 1.54) is 7.11 Å². The molecule has 2 aromatic rings. The summed E-state index contributed by atoms with van der Waals surface area (Å²) in [6.07, 6.45) is 1.10. The third-order valence-corrected chi connectivity index (χ3v) is 3.12. The van der Waals surface area contributed by atoms with Crippen molar-refractivity contribution >= 4 is 11.7 Å². The molecule has 112 valence electrons. The highest BCUT2D eigenvalue weighted by atomic mass is 16.5. The lowest BCUT2D eigenvalue weighted by atomic mass is 10.1. The minimum absolute atomic E-state index is 0.338. The number of carbonyl (C=O) groups excluding carboxylic acids is 1. The van der Waals surface area contributed by atoms with E-state index < -0.39 is 0 Å². The maximum absolute atomic E-state index is 11.3. The topological polar surface area (TPSA) is 38.3 Å². The van der Waals surface area contributed by atoms with Gasteiger partial charge in [0, 0.05) is 23.4 Å². The van der Waals surface area contributed by atoms with Gasteiger partial charge in [-0.25, -0.2) is 4.79 Å². The van der Waals surface area contributed by atoms with Gasteiger partial charge in [0.05, 0.1) is 12.7 Å². The fraction of sp³-hybridized carbons (Fsp3) is 0.211.